The Morgan fingerprint density at radius 2 is 1.85 bits per heavy atom. The number of nitrogens with one attached hydrogen (secondary N) is 1. The molecule has 0 aliphatic rings. The van der Waals surface area contributed by atoms with Gasteiger partial charge in [0.1, 0.15) is 10.9 Å². The van der Waals surface area contributed by atoms with Crippen molar-refractivity contribution in [1.29, 1.82) is 0 Å². The molecule has 0 aliphatic heterocycles. The van der Waals surface area contributed by atoms with Crippen LogP contribution in [0, 0.1) is 0 Å². The zero-order valence-corrected chi connectivity index (χ0v) is 15.6. The fourth-order valence-electron chi connectivity index (χ4n) is 2.57. The van der Waals surface area contributed by atoms with E-state index in [0.717, 1.165) is 5.56 Å². The summed E-state index contributed by atoms with van der Waals surface area (Å²) >= 11 is 1.21. The molecule has 0 saturated carbocycles. The predicted octanol–water partition coefficient (Wildman–Crippen LogP) is 1.99. The number of hydrogen-bond donors (Lipinski definition) is 2. The molecule has 138 valence electrons. The molecule has 2 aromatic heterocycles. The van der Waals surface area contributed by atoms with E-state index in [2.05, 4.69) is 20.3 Å². The minimum Gasteiger partial charge on any atom is -0.368 e. The van der Waals surface area contributed by atoms with Crippen LogP contribution in [-0.2, 0) is 17.6 Å². The van der Waals surface area contributed by atoms with Crippen molar-refractivity contribution in [1.82, 2.24) is 20.3 Å². The summed E-state index contributed by atoms with van der Waals surface area (Å²) in [5.41, 5.74) is 7.05. The highest BCUT2D eigenvalue weighted by atomic mass is 32.1. The van der Waals surface area contributed by atoms with Crippen LogP contribution in [-0.4, -0.2) is 32.8 Å². The summed E-state index contributed by atoms with van der Waals surface area (Å²) < 4.78 is 0. The van der Waals surface area contributed by atoms with Crippen LogP contribution >= 0.6 is 11.3 Å². The number of thiazole rings is 1. The lowest BCUT2D eigenvalue weighted by atomic mass is 10.1. The first-order chi connectivity index (χ1) is 13.1. The quantitative estimate of drug-likeness (QED) is 0.650. The summed E-state index contributed by atoms with van der Waals surface area (Å²) in [7, 11) is 0. The molecule has 2 heterocycles. The molecule has 1 aromatic carbocycles. The lowest BCUT2D eigenvalue weighted by Crippen LogP contribution is -2.45. The first-order valence-corrected chi connectivity index (χ1v) is 9.31. The second kappa shape index (κ2) is 8.50. The van der Waals surface area contributed by atoms with E-state index in [1.54, 1.807) is 18.5 Å². The van der Waals surface area contributed by atoms with Crippen molar-refractivity contribution >= 4 is 23.2 Å². The maximum absolute atomic E-state index is 12.8. The number of aromatic nitrogens is 3. The third kappa shape index (κ3) is 4.53. The number of nitrogens with two attached hydrogens (primary N) is 1. The molecule has 0 bridgehead atoms. The second-order valence-corrected chi connectivity index (χ2v) is 6.84. The predicted molar refractivity (Wildman–Crippen MR) is 103 cm³/mol. The SMILES string of the molecule is CCc1nc(-c2ncccn2)sc1C(=O)N[C@@H](Cc1ccccc1)C(N)=O. The molecule has 0 saturated heterocycles. The van der Waals surface area contributed by atoms with Gasteiger partial charge in [0, 0.05) is 18.8 Å². The molecular formula is C19H19N5O2S. The van der Waals surface area contributed by atoms with Crippen LogP contribution in [0.4, 0.5) is 0 Å². The van der Waals surface area contributed by atoms with E-state index >= 15 is 0 Å². The molecule has 0 fully saturated rings. The van der Waals surface area contributed by atoms with Crippen LogP contribution in [0.15, 0.2) is 48.8 Å². The van der Waals surface area contributed by atoms with Crippen molar-refractivity contribution in [2.75, 3.05) is 0 Å². The van der Waals surface area contributed by atoms with Crippen molar-refractivity contribution in [2.45, 2.75) is 25.8 Å². The van der Waals surface area contributed by atoms with Crippen LogP contribution in [0.3, 0.4) is 0 Å². The molecular weight excluding hydrogens is 362 g/mol. The number of hydrogen-bond acceptors (Lipinski definition) is 6. The van der Waals surface area contributed by atoms with Gasteiger partial charge in [-0.05, 0) is 18.1 Å². The van der Waals surface area contributed by atoms with E-state index < -0.39 is 11.9 Å². The first kappa shape index (κ1) is 18.7. The Balaban J connectivity index is 1.81. The second-order valence-electron chi connectivity index (χ2n) is 5.84. The Kier molecular flexibility index (Phi) is 5.87. The van der Waals surface area contributed by atoms with Gasteiger partial charge in [-0.15, -0.1) is 11.3 Å². The van der Waals surface area contributed by atoms with Crippen molar-refractivity contribution in [3.05, 3.63) is 64.9 Å². The van der Waals surface area contributed by atoms with Crippen LogP contribution < -0.4 is 11.1 Å². The van der Waals surface area contributed by atoms with Crippen molar-refractivity contribution in [3.8, 4) is 10.8 Å². The van der Waals surface area contributed by atoms with Gasteiger partial charge in [0.25, 0.3) is 5.91 Å². The Morgan fingerprint density at radius 1 is 1.15 bits per heavy atom. The van der Waals surface area contributed by atoms with Gasteiger partial charge in [-0.25, -0.2) is 15.0 Å². The molecule has 0 unspecified atom stereocenters. The topological polar surface area (TPSA) is 111 Å². The number of primary amides is 1. The third-order valence-electron chi connectivity index (χ3n) is 3.93. The average Bonchev–Trinajstić information content (AvgIpc) is 3.13. The van der Waals surface area contributed by atoms with Crippen LogP contribution in [0.5, 0.6) is 0 Å². The minimum atomic E-state index is -0.803. The summed E-state index contributed by atoms with van der Waals surface area (Å²) in [6, 6.07) is 10.3. The van der Waals surface area contributed by atoms with E-state index in [-0.39, 0.29) is 5.91 Å². The maximum Gasteiger partial charge on any atom is 0.263 e. The van der Waals surface area contributed by atoms with Gasteiger partial charge < -0.3 is 11.1 Å². The molecule has 0 aliphatic carbocycles. The van der Waals surface area contributed by atoms with E-state index in [4.69, 9.17) is 5.73 Å². The van der Waals surface area contributed by atoms with Gasteiger partial charge in [0.2, 0.25) is 5.91 Å². The van der Waals surface area contributed by atoms with Gasteiger partial charge in [-0.1, -0.05) is 37.3 Å². The number of aryl methyl sites for hydroxylation is 1. The van der Waals surface area contributed by atoms with Gasteiger partial charge in [-0.2, -0.15) is 0 Å². The summed E-state index contributed by atoms with van der Waals surface area (Å²) in [5.74, 6) is -0.486. The fraction of sp³-hybridized carbons (Fsp3) is 0.211. The maximum atomic E-state index is 12.8. The number of nitrogens with zero attached hydrogens (tertiary/aromatic N) is 3. The number of carbonyl (C=O) groups is 2. The summed E-state index contributed by atoms with van der Waals surface area (Å²) in [4.78, 5) is 37.9. The van der Waals surface area contributed by atoms with Gasteiger partial charge in [0.05, 0.1) is 5.69 Å². The number of benzene rings is 1. The molecule has 3 N–H and O–H groups in total. The van der Waals surface area contributed by atoms with Crippen molar-refractivity contribution in [2.24, 2.45) is 5.73 Å². The zero-order chi connectivity index (χ0) is 19.2. The smallest absolute Gasteiger partial charge is 0.263 e. The van der Waals surface area contributed by atoms with Crippen LogP contribution in [0.25, 0.3) is 10.8 Å². The van der Waals surface area contributed by atoms with E-state index in [9.17, 15) is 9.59 Å². The molecule has 0 spiro atoms. The van der Waals surface area contributed by atoms with Crippen LogP contribution in [0.2, 0.25) is 0 Å². The molecule has 1 atom stereocenters. The largest absolute Gasteiger partial charge is 0.368 e. The molecule has 2 amide bonds. The fourth-order valence-corrected chi connectivity index (χ4v) is 3.58. The van der Waals surface area contributed by atoms with Gasteiger partial charge in [-0.3, -0.25) is 9.59 Å². The highest BCUT2D eigenvalue weighted by Gasteiger charge is 2.24. The van der Waals surface area contributed by atoms with E-state index in [1.165, 1.54) is 11.3 Å². The Hall–Kier alpha value is -3.13. The molecule has 3 aromatic rings. The highest BCUT2D eigenvalue weighted by Crippen LogP contribution is 2.26. The molecule has 8 heteroatoms. The Labute approximate surface area is 160 Å². The molecule has 0 radical (unpaired) electrons. The first-order valence-electron chi connectivity index (χ1n) is 8.49. The van der Waals surface area contributed by atoms with Crippen molar-refractivity contribution < 1.29 is 9.59 Å². The molecule has 27 heavy (non-hydrogen) atoms. The van der Waals surface area contributed by atoms with Crippen molar-refractivity contribution in [3.63, 3.8) is 0 Å². The third-order valence-corrected chi connectivity index (χ3v) is 5.02. The lowest BCUT2D eigenvalue weighted by molar-refractivity contribution is -0.119. The Morgan fingerprint density at radius 3 is 2.48 bits per heavy atom. The lowest BCUT2D eigenvalue weighted by Gasteiger charge is -2.15. The number of carbonyl (C=O) groups excluding carboxylic acids is 2. The van der Waals surface area contributed by atoms with E-state index in [0.29, 0.717) is 34.2 Å². The van der Waals surface area contributed by atoms with E-state index in [1.807, 2.05) is 37.3 Å². The number of amides is 2. The number of rotatable bonds is 7. The van der Waals surface area contributed by atoms with Gasteiger partial charge in [0.15, 0.2) is 10.8 Å². The zero-order valence-electron chi connectivity index (χ0n) is 14.8. The summed E-state index contributed by atoms with van der Waals surface area (Å²) in [6.07, 6.45) is 4.15. The van der Waals surface area contributed by atoms with Gasteiger partial charge >= 0.3 is 0 Å². The Bertz CT molecular complexity index is 928. The summed E-state index contributed by atoms with van der Waals surface area (Å²) in [6.45, 7) is 1.91. The normalized spacial score (nSPS) is 11.7. The molecule has 7 nitrogen and oxygen atoms in total. The highest BCUT2D eigenvalue weighted by molar-refractivity contribution is 7.17. The standard InChI is InChI=1S/C19H19N5O2S/c1-2-13-15(27-19(24-13)17-21-9-6-10-22-17)18(26)23-14(16(20)25)11-12-7-4-3-5-8-12/h3-10,14H,2,11H2,1H3,(H2,20,25)(H,23,26)/t14-/m0/s1. The minimum absolute atomic E-state index is 0.330. The summed E-state index contributed by atoms with van der Waals surface area (Å²) in [5, 5.41) is 3.30. The average molecular weight is 381 g/mol. The molecule has 3 rings (SSSR count). The monoisotopic (exact) mass is 381 g/mol. The van der Waals surface area contributed by atoms with Crippen LogP contribution in [0.1, 0.15) is 27.9 Å².